The van der Waals surface area contributed by atoms with E-state index in [1.807, 2.05) is 18.7 Å². The standard InChI is InChI=1S/C12H13F2N3/c1-15-6-11-12(16-7-17(11)2)8-3-4-9(13)10(14)5-8/h3-5,7,15H,6H2,1-2H3. The van der Waals surface area contributed by atoms with E-state index in [2.05, 4.69) is 10.3 Å². The fourth-order valence-electron chi connectivity index (χ4n) is 1.72. The van der Waals surface area contributed by atoms with Crippen LogP contribution >= 0.6 is 0 Å². The maximum Gasteiger partial charge on any atom is 0.159 e. The summed E-state index contributed by atoms with van der Waals surface area (Å²) in [5, 5.41) is 3.02. The van der Waals surface area contributed by atoms with Crippen LogP contribution < -0.4 is 5.32 Å². The Morgan fingerprint density at radius 1 is 1.29 bits per heavy atom. The molecule has 0 aliphatic heterocycles. The van der Waals surface area contributed by atoms with E-state index in [0.717, 1.165) is 17.8 Å². The van der Waals surface area contributed by atoms with Crippen LogP contribution in [0.2, 0.25) is 0 Å². The van der Waals surface area contributed by atoms with Gasteiger partial charge in [-0.2, -0.15) is 0 Å². The number of hydrogen-bond donors (Lipinski definition) is 1. The van der Waals surface area contributed by atoms with Crippen molar-refractivity contribution in [3.63, 3.8) is 0 Å². The van der Waals surface area contributed by atoms with Gasteiger partial charge in [-0.25, -0.2) is 13.8 Å². The molecule has 0 saturated carbocycles. The van der Waals surface area contributed by atoms with Gasteiger partial charge in [0.2, 0.25) is 0 Å². The van der Waals surface area contributed by atoms with Gasteiger partial charge in [0.1, 0.15) is 0 Å². The van der Waals surface area contributed by atoms with E-state index in [1.54, 1.807) is 6.33 Å². The predicted octanol–water partition coefficient (Wildman–Crippen LogP) is 2.08. The first-order valence-electron chi connectivity index (χ1n) is 5.23. The SMILES string of the molecule is CNCc1c(-c2ccc(F)c(F)c2)ncn1C. The molecule has 0 bridgehead atoms. The molecule has 90 valence electrons. The lowest BCUT2D eigenvalue weighted by atomic mass is 10.1. The molecule has 0 saturated heterocycles. The van der Waals surface area contributed by atoms with Gasteiger partial charge >= 0.3 is 0 Å². The molecule has 0 spiro atoms. The minimum Gasteiger partial charge on any atom is -0.336 e. The Kier molecular flexibility index (Phi) is 3.19. The average molecular weight is 237 g/mol. The van der Waals surface area contributed by atoms with Crippen molar-refractivity contribution < 1.29 is 8.78 Å². The number of aryl methyl sites for hydroxylation is 1. The van der Waals surface area contributed by atoms with Gasteiger partial charge in [-0.1, -0.05) is 0 Å². The Morgan fingerprint density at radius 3 is 2.71 bits per heavy atom. The van der Waals surface area contributed by atoms with Crippen molar-refractivity contribution in [2.75, 3.05) is 7.05 Å². The Labute approximate surface area is 98.1 Å². The summed E-state index contributed by atoms with van der Waals surface area (Å²) >= 11 is 0. The largest absolute Gasteiger partial charge is 0.336 e. The molecule has 0 aliphatic rings. The molecule has 1 N–H and O–H groups in total. The molecule has 1 aromatic carbocycles. The minimum absolute atomic E-state index is 0.578. The number of aromatic nitrogens is 2. The molecule has 0 amide bonds. The van der Waals surface area contributed by atoms with Crippen LogP contribution in [0.15, 0.2) is 24.5 Å². The maximum atomic E-state index is 13.2. The number of rotatable bonds is 3. The second-order valence-electron chi connectivity index (χ2n) is 3.81. The summed E-state index contributed by atoms with van der Waals surface area (Å²) in [5.74, 6) is -1.71. The quantitative estimate of drug-likeness (QED) is 0.885. The third-order valence-electron chi connectivity index (χ3n) is 2.60. The van der Waals surface area contributed by atoms with Crippen LogP contribution in [0.5, 0.6) is 0 Å². The molecule has 2 aromatic rings. The molecule has 17 heavy (non-hydrogen) atoms. The van der Waals surface area contributed by atoms with Crippen LogP contribution in [0.3, 0.4) is 0 Å². The van der Waals surface area contributed by atoms with Crippen molar-refractivity contribution in [3.05, 3.63) is 41.9 Å². The van der Waals surface area contributed by atoms with E-state index in [-0.39, 0.29) is 0 Å². The topological polar surface area (TPSA) is 29.9 Å². The maximum absolute atomic E-state index is 13.2. The number of nitrogens with one attached hydrogen (secondary N) is 1. The predicted molar refractivity (Wildman–Crippen MR) is 61.3 cm³/mol. The van der Waals surface area contributed by atoms with E-state index >= 15 is 0 Å². The lowest BCUT2D eigenvalue weighted by Crippen LogP contribution is -2.10. The molecule has 0 atom stereocenters. The van der Waals surface area contributed by atoms with Gasteiger partial charge in [0.25, 0.3) is 0 Å². The van der Waals surface area contributed by atoms with Gasteiger partial charge in [-0.3, -0.25) is 0 Å². The first kappa shape index (κ1) is 11.7. The number of halogens is 2. The molecular formula is C12H13F2N3. The van der Waals surface area contributed by atoms with Crippen molar-refractivity contribution in [3.8, 4) is 11.3 Å². The van der Waals surface area contributed by atoms with Crippen molar-refractivity contribution in [1.82, 2.24) is 14.9 Å². The molecule has 2 rings (SSSR count). The highest BCUT2D eigenvalue weighted by molar-refractivity contribution is 5.62. The Morgan fingerprint density at radius 2 is 2.06 bits per heavy atom. The highest BCUT2D eigenvalue weighted by Gasteiger charge is 2.12. The Bertz CT molecular complexity index is 535. The van der Waals surface area contributed by atoms with E-state index < -0.39 is 11.6 Å². The van der Waals surface area contributed by atoms with Crippen molar-refractivity contribution in [1.29, 1.82) is 0 Å². The van der Waals surface area contributed by atoms with E-state index in [4.69, 9.17) is 0 Å². The zero-order valence-corrected chi connectivity index (χ0v) is 9.67. The van der Waals surface area contributed by atoms with Crippen LogP contribution in [-0.4, -0.2) is 16.6 Å². The summed E-state index contributed by atoms with van der Waals surface area (Å²) in [6, 6.07) is 3.80. The number of imidazole rings is 1. The zero-order chi connectivity index (χ0) is 12.4. The lowest BCUT2D eigenvalue weighted by Gasteiger charge is -2.05. The van der Waals surface area contributed by atoms with Gasteiger partial charge < -0.3 is 9.88 Å². The van der Waals surface area contributed by atoms with Gasteiger partial charge in [-0.05, 0) is 25.2 Å². The molecule has 5 heteroatoms. The smallest absolute Gasteiger partial charge is 0.159 e. The van der Waals surface area contributed by atoms with Crippen LogP contribution in [0.25, 0.3) is 11.3 Å². The molecule has 0 unspecified atom stereocenters. The number of hydrogen-bond acceptors (Lipinski definition) is 2. The van der Waals surface area contributed by atoms with E-state index in [9.17, 15) is 8.78 Å². The normalized spacial score (nSPS) is 10.8. The van der Waals surface area contributed by atoms with E-state index in [1.165, 1.54) is 6.07 Å². The second kappa shape index (κ2) is 4.63. The monoisotopic (exact) mass is 237 g/mol. The van der Waals surface area contributed by atoms with E-state index in [0.29, 0.717) is 17.8 Å². The molecule has 0 radical (unpaired) electrons. The zero-order valence-electron chi connectivity index (χ0n) is 9.67. The third-order valence-corrected chi connectivity index (χ3v) is 2.60. The first-order chi connectivity index (χ1) is 8.13. The number of benzene rings is 1. The van der Waals surface area contributed by atoms with Gasteiger partial charge in [-0.15, -0.1) is 0 Å². The molecule has 1 heterocycles. The summed E-state index contributed by atoms with van der Waals surface area (Å²) in [5.41, 5.74) is 2.18. The second-order valence-corrected chi connectivity index (χ2v) is 3.81. The summed E-state index contributed by atoms with van der Waals surface area (Å²) in [6.45, 7) is 0.616. The summed E-state index contributed by atoms with van der Waals surface area (Å²) in [6.07, 6.45) is 1.66. The fourth-order valence-corrected chi connectivity index (χ4v) is 1.72. The lowest BCUT2D eigenvalue weighted by molar-refractivity contribution is 0.509. The highest BCUT2D eigenvalue weighted by atomic mass is 19.2. The average Bonchev–Trinajstić information content (AvgIpc) is 2.66. The van der Waals surface area contributed by atoms with Gasteiger partial charge in [0.15, 0.2) is 11.6 Å². The summed E-state index contributed by atoms with van der Waals surface area (Å²) in [7, 11) is 3.69. The Hall–Kier alpha value is -1.75. The van der Waals surface area contributed by atoms with Crippen LogP contribution in [-0.2, 0) is 13.6 Å². The van der Waals surface area contributed by atoms with Crippen molar-refractivity contribution >= 4 is 0 Å². The van der Waals surface area contributed by atoms with Crippen LogP contribution in [0.4, 0.5) is 8.78 Å². The molecule has 1 aromatic heterocycles. The first-order valence-corrected chi connectivity index (χ1v) is 5.23. The summed E-state index contributed by atoms with van der Waals surface area (Å²) in [4.78, 5) is 4.21. The molecule has 0 fully saturated rings. The highest BCUT2D eigenvalue weighted by Crippen LogP contribution is 2.23. The molecular weight excluding hydrogens is 224 g/mol. The van der Waals surface area contributed by atoms with Gasteiger partial charge in [0, 0.05) is 19.2 Å². The fraction of sp³-hybridized carbons (Fsp3) is 0.250. The van der Waals surface area contributed by atoms with Crippen molar-refractivity contribution in [2.24, 2.45) is 7.05 Å². The Balaban J connectivity index is 2.48. The van der Waals surface area contributed by atoms with Crippen molar-refractivity contribution in [2.45, 2.75) is 6.54 Å². The molecule has 0 aliphatic carbocycles. The summed E-state index contributed by atoms with van der Waals surface area (Å²) < 4.78 is 27.9. The minimum atomic E-state index is -0.858. The third kappa shape index (κ3) is 2.19. The number of nitrogens with zero attached hydrogens (tertiary/aromatic N) is 2. The van der Waals surface area contributed by atoms with Crippen LogP contribution in [0, 0.1) is 11.6 Å². The van der Waals surface area contributed by atoms with Gasteiger partial charge in [0.05, 0.1) is 17.7 Å². The molecule has 3 nitrogen and oxygen atoms in total. The van der Waals surface area contributed by atoms with Crippen LogP contribution in [0.1, 0.15) is 5.69 Å².